The van der Waals surface area contributed by atoms with Crippen LogP contribution >= 0.6 is 0 Å². The van der Waals surface area contributed by atoms with Crippen molar-refractivity contribution < 1.29 is 9.47 Å². The largest absolute Gasteiger partial charge is 0.381 e. The SMILES string of the molecule is CCNC(C1CC1)C1CCOC2(CCOCC2)C1. The molecule has 3 nitrogen and oxygen atoms in total. The molecule has 3 rings (SSSR count). The van der Waals surface area contributed by atoms with Crippen LogP contribution in [0.15, 0.2) is 0 Å². The minimum atomic E-state index is 0.156. The van der Waals surface area contributed by atoms with Gasteiger partial charge in [0.15, 0.2) is 0 Å². The van der Waals surface area contributed by atoms with Crippen LogP contribution in [0.2, 0.25) is 0 Å². The summed E-state index contributed by atoms with van der Waals surface area (Å²) in [5.41, 5.74) is 0.156. The first kappa shape index (κ1) is 12.9. The lowest BCUT2D eigenvalue weighted by Crippen LogP contribution is -2.50. The molecule has 2 atom stereocenters. The topological polar surface area (TPSA) is 30.5 Å². The molecule has 1 saturated carbocycles. The van der Waals surface area contributed by atoms with E-state index < -0.39 is 0 Å². The highest BCUT2D eigenvalue weighted by Gasteiger charge is 2.44. The molecule has 0 aromatic carbocycles. The van der Waals surface area contributed by atoms with Crippen LogP contribution in [0.1, 0.15) is 45.4 Å². The van der Waals surface area contributed by atoms with E-state index in [4.69, 9.17) is 9.47 Å². The molecule has 0 aromatic heterocycles. The van der Waals surface area contributed by atoms with Crippen molar-refractivity contribution in [2.75, 3.05) is 26.4 Å². The lowest BCUT2D eigenvalue weighted by atomic mass is 9.76. The highest BCUT2D eigenvalue weighted by atomic mass is 16.5. The molecule has 1 N–H and O–H groups in total. The van der Waals surface area contributed by atoms with E-state index in [0.717, 1.165) is 57.1 Å². The lowest BCUT2D eigenvalue weighted by molar-refractivity contribution is -0.150. The molecule has 0 radical (unpaired) electrons. The molecule has 3 fully saturated rings. The van der Waals surface area contributed by atoms with Crippen LogP contribution in [-0.2, 0) is 9.47 Å². The van der Waals surface area contributed by atoms with Crippen molar-refractivity contribution in [1.82, 2.24) is 5.32 Å². The van der Waals surface area contributed by atoms with Crippen LogP contribution in [0.4, 0.5) is 0 Å². The maximum atomic E-state index is 6.16. The van der Waals surface area contributed by atoms with Gasteiger partial charge in [0, 0.05) is 25.9 Å². The van der Waals surface area contributed by atoms with Crippen molar-refractivity contribution >= 4 is 0 Å². The van der Waals surface area contributed by atoms with Gasteiger partial charge < -0.3 is 14.8 Å². The second-order valence-electron chi connectivity index (χ2n) is 6.32. The summed E-state index contributed by atoms with van der Waals surface area (Å²) in [5, 5.41) is 3.75. The van der Waals surface area contributed by atoms with E-state index in [-0.39, 0.29) is 5.60 Å². The van der Waals surface area contributed by atoms with Gasteiger partial charge in [-0.2, -0.15) is 0 Å². The van der Waals surface area contributed by atoms with Gasteiger partial charge in [-0.05, 0) is 56.9 Å². The Hall–Kier alpha value is -0.120. The summed E-state index contributed by atoms with van der Waals surface area (Å²) < 4.78 is 11.7. The zero-order chi connectivity index (χ0) is 12.4. The predicted octanol–water partition coefficient (Wildman–Crippen LogP) is 2.35. The maximum Gasteiger partial charge on any atom is 0.0729 e. The molecule has 18 heavy (non-hydrogen) atoms. The van der Waals surface area contributed by atoms with Crippen LogP contribution in [-0.4, -0.2) is 38.0 Å². The molecule has 2 unspecified atom stereocenters. The molecule has 3 aliphatic rings. The van der Waals surface area contributed by atoms with Crippen molar-refractivity contribution in [2.45, 2.75) is 57.1 Å². The Morgan fingerprint density at radius 2 is 1.89 bits per heavy atom. The summed E-state index contributed by atoms with van der Waals surface area (Å²) in [5.74, 6) is 1.77. The van der Waals surface area contributed by atoms with Crippen molar-refractivity contribution in [2.24, 2.45) is 11.8 Å². The summed E-state index contributed by atoms with van der Waals surface area (Å²) >= 11 is 0. The molecule has 1 aliphatic carbocycles. The first-order valence-corrected chi connectivity index (χ1v) is 7.78. The molecular formula is C15H27NO2. The van der Waals surface area contributed by atoms with Gasteiger partial charge in [0.2, 0.25) is 0 Å². The number of hydrogen-bond acceptors (Lipinski definition) is 3. The second-order valence-corrected chi connectivity index (χ2v) is 6.32. The van der Waals surface area contributed by atoms with Gasteiger partial charge in [-0.25, -0.2) is 0 Å². The Kier molecular flexibility index (Phi) is 3.92. The Bertz CT molecular complexity index is 266. The van der Waals surface area contributed by atoms with E-state index in [1.165, 1.54) is 25.7 Å². The lowest BCUT2D eigenvalue weighted by Gasteiger charge is -2.45. The molecule has 2 aliphatic heterocycles. The fraction of sp³-hybridized carbons (Fsp3) is 1.00. The van der Waals surface area contributed by atoms with Crippen LogP contribution in [0.25, 0.3) is 0 Å². The van der Waals surface area contributed by atoms with Gasteiger partial charge in [-0.3, -0.25) is 0 Å². The number of ether oxygens (including phenoxy) is 2. The van der Waals surface area contributed by atoms with Gasteiger partial charge in [-0.1, -0.05) is 6.92 Å². The van der Waals surface area contributed by atoms with Crippen molar-refractivity contribution in [3.05, 3.63) is 0 Å². The summed E-state index contributed by atoms with van der Waals surface area (Å²) in [7, 11) is 0. The normalized spacial score (nSPS) is 33.5. The highest BCUT2D eigenvalue weighted by molar-refractivity contribution is 4.97. The monoisotopic (exact) mass is 253 g/mol. The van der Waals surface area contributed by atoms with Crippen LogP contribution < -0.4 is 5.32 Å². The van der Waals surface area contributed by atoms with Crippen molar-refractivity contribution in [3.8, 4) is 0 Å². The molecule has 2 saturated heterocycles. The van der Waals surface area contributed by atoms with Crippen molar-refractivity contribution in [1.29, 1.82) is 0 Å². The quantitative estimate of drug-likeness (QED) is 0.834. The van der Waals surface area contributed by atoms with E-state index in [1.54, 1.807) is 0 Å². The van der Waals surface area contributed by atoms with Gasteiger partial charge in [0.1, 0.15) is 0 Å². The van der Waals surface area contributed by atoms with Gasteiger partial charge in [-0.15, -0.1) is 0 Å². The third-order valence-corrected chi connectivity index (χ3v) is 5.01. The molecule has 0 bridgehead atoms. The Morgan fingerprint density at radius 3 is 2.56 bits per heavy atom. The number of nitrogens with one attached hydrogen (secondary N) is 1. The zero-order valence-corrected chi connectivity index (χ0v) is 11.6. The third-order valence-electron chi connectivity index (χ3n) is 5.01. The van der Waals surface area contributed by atoms with Crippen LogP contribution in [0, 0.1) is 11.8 Å². The first-order chi connectivity index (χ1) is 8.83. The summed E-state index contributed by atoms with van der Waals surface area (Å²) in [6.07, 6.45) is 7.58. The number of hydrogen-bond donors (Lipinski definition) is 1. The molecule has 104 valence electrons. The fourth-order valence-corrected chi connectivity index (χ4v) is 3.87. The summed E-state index contributed by atoms with van der Waals surface area (Å²) in [6, 6.07) is 0.749. The Morgan fingerprint density at radius 1 is 1.11 bits per heavy atom. The molecule has 3 heteroatoms. The molecule has 2 heterocycles. The first-order valence-electron chi connectivity index (χ1n) is 7.78. The number of rotatable bonds is 4. The Labute approximate surface area is 111 Å². The van der Waals surface area contributed by atoms with Crippen LogP contribution in [0.5, 0.6) is 0 Å². The van der Waals surface area contributed by atoms with E-state index in [2.05, 4.69) is 12.2 Å². The van der Waals surface area contributed by atoms with Crippen molar-refractivity contribution in [3.63, 3.8) is 0 Å². The van der Waals surface area contributed by atoms with E-state index in [0.29, 0.717) is 0 Å². The Balaban J connectivity index is 1.64. The molecule has 0 aromatic rings. The predicted molar refractivity (Wildman–Crippen MR) is 71.6 cm³/mol. The van der Waals surface area contributed by atoms with Crippen LogP contribution in [0.3, 0.4) is 0 Å². The minimum absolute atomic E-state index is 0.156. The average molecular weight is 253 g/mol. The molecular weight excluding hydrogens is 226 g/mol. The maximum absolute atomic E-state index is 6.16. The standard InChI is InChI=1S/C15H27NO2/c1-2-16-14(12-3-4-12)13-5-8-18-15(11-13)6-9-17-10-7-15/h12-14,16H,2-11H2,1H3. The zero-order valence-electron chi connectivity index (χ0n) is 11.6. The van der Waals surface area contributed by atoms with E-state index >= 15 is 0 Å². The smallest absolute Gasteiger partial charge is 0.0729 e. The second kappa shape index (κ2) is 5.48. The fourth-order valence-electron chi connectivity index (χ4n) is 3.87. The van der Waals surface area contributed by atoms with Gasteiger partial charge in [0.05, 0.1) is 5.60 Å². The average Bonchev–Trinajstić information content (AvgIpc) is 3.21. The summed E-state index contributed by atoms with van der Waals surface area (Å²) in [4.78, 5) is 0. The van der Waals surface area contributed by atoms with Gasteiger partial charge in [0.25, 0.3) is 0 Å². The molecule has 1 spiro atoms. The highest BCUT2D eigenvalue weighted by Crippen LogP contribution is 2.44. The molecule has 0 amide bonds. The third kappa shape index (κ3) is 2.73. The van der Waals surface area contributed by atoms with Gasteiger partial charge >= 0.3 is 0 Å². The minimum Gasteiger partial charge on any atom is -0.381 e. The van der Waals surface area contributed by atoms with E-state index in [9.17, 15) is 0 Å². The summed E-state index contributed by atoms with van der Waals surface area (Å²) in [6.45, 7) is 6.08. The van der Waals surface area contributed by atoms with E-state index in [1.807, 2.05) is 0 Å².